The third kappa shape index (κ3) is 5.05. The molecular weight excluding hydrogens is 314 g/mol. The number of carbonyl (C=O) groups excluding carboxylic acids is 2. The van der Waals surface area contributed by atoms with Gasteiger partial charge in [-0.15, -0.1) is 0 Å². The summed E-state index contributed by atoms with van der Waals surface area (Å²) in [5.74, 6) is -0.270. The Morgan fingerprint density at radius 2 is 1.76 bits per heavy atom. The zero-order valence-corrected chi connectivity index (χ0v) is 14.2. The first kappa shape index (κ1) is 18.0. The van der Waals surface area contributed by atoms with E-state index in [4.69, 9.17) is 5.26 Å². The molecule has 0 spiro atoms. The van der Waals surface area contributed by atoms with Gasteiger partial charge in [-0.05, 0) is 41.5 Å². The lowest BCUT2D eigenvalue weighted by Gasteiger charge is -2.15. The Hall–Kier alpha value is -3.39. The smallest absolute Gasteiger partial charge is 0.251 e. The molecule has 5 heteroatoms. The fourth-order valence-corrected chi connectivity index (χ4v) is 2.22. The lowest BCUT2D eigenvalue weighted by molar-refractivity contribution is -0.125. The van der Waals surface area contributed by atoms with Crippen molar-refractivity contribution in [1.82, 2.24) is 10.2 Å². The Morgan fingerprint density at radius 3 is 2.32 bits per heavy atom. The second-order valence-corrected chi connectivity index (χ2v) is 5.54. The highest BCUT2D eigenvalue weighted by atomic mass is 16.2. The van der Waals surface area contributed by atoms with E-state index in [1.807, 2.05) is 12.1 Å². The largest absolute Gasteiger partial charge is 0.355 e. The van der Waals surface area contributed by atoms with Crippen molar-refractivity contribution in [3.8, 4) is 6.07 Å². The monoisotopic (exact) mass is 333 g/mol. The average molecular weight is 333 g/mol. The van der Waals surface area contributed by atoms with Crippen LogP contribution in [-0.2, 0) is 11.3 Å². The normalized spacial score (nSPS) is 10.3. The molecule has 0 aliphatic carbocycles. The van der Waals surface area contributed by atoms with Crippen LogP contribution in [0.4, 0.5) is 0 Å². The van der Waals surface area contributed by atoms with Crippen LogP contribution < -0.4 is 5.32 Å². The van der Waals surface area contributed by atoms with Crippen molar-refractivity contribution in [3.63, 3.8) is 0 Å². The molecule has 0 aliphatic rings. The first-order valence-corrected chi connectivity index (χ1v) is 7.78. The minimum absolute atomic E-state index is 0.125. The highest BCUT2D eigenvalue weighted by Crippen LogP contribution is 2.09. The van der Waals surface area contributed by atoms with Crippen molar-refractivity contribution in [1.29, 1.82) is 5.26 Å². The standard InChI is InChI=1S/C20H19N3O2/c1-22-20(25)18-10-7-15(8-11-18)9-12-19(24)23(2)14-17-5-3-16(13-21)4-6-17/h3-12H,14H2,1-2H3,(H,22,25)/b12-9+. The van der Waals surface area contributed by atoms with Crippen LogP contribution in [0.3, 0.4) is 0 Å². The van der Waals surface area contributed by atoms with Gasteiger partial charge in [-0.1, -0.05) is 24.3 Å². The van der Waals surface area contributed by atoms with E-state index < -0.39 is 0 Å². The SMILES string of the molecule is CNC(=O)c1ccc(/C=C/C(=O)N(C)Cc2ccc(C#N)cc2)cc1. The summed E-state index contributed by atoms with van der Waals surface area (Å²) in [6, 6.07) is 16.2. The molecular formula is C20H19N3O2. The van der Waals surface area contributed by atoms with Crippen molar-refractivity contribution in [2.75, 3.05) is 14.1 Å². The summed E-state index contributed by atoms with van der Waals surface area (Å²) in [6.45, 7) is 0.463. The topological polar surface area (TPSA) is 73.2 Å². The molecule has 126 valence electrons. The molecule has 0 aliphatic heterocycles. The predicted molar refractivity (Wildman–Crippen MR) is 96.5 cm³/mol. The number of nitrogens with zero attached hydrogens (tertiary/aromatic N) is 2. The summed E-state index contributed by atoms with van der Waals surface area (Å²) < 4.78 is 0. The number of hydrogen-bond donors (Lipinski definition) is 1. The van der Waals surface area contributed by atoms with Gasteiger partial charge in [0.25, 0.3) is 5.91 Å². The summed E-state index contributed by atoms with van der Waals surface area (Å²) >= 11 is 0. The van der Waals surface area contributed by atoms with Gasteiger partial charge in [-0.3, -0.25) is 9.59 Å². The van der Waals surface area contributed by atoms with Gasteiger partial charge in [0.1, 0.15) is 0 Å². The highest BCUT2D eigenvalue weighted by Gasteiger charge is 2.06. The van der Waals surface area contributed by atoms with E-state index in [9.17, 15) is 9.59 Å². The second-order valence-electron chi connectivity index (χ2n) is 5.54. The molecule has 25 heavy (non-hydrogen) atoms. The van der Waals surface area contributed by atoms with E-state index >= 15 is 0 Å². The molecule has 1 N–H and O–H groups in total. The van der Waals surface area contributed by atoms with Crippen molar-refractivity contribution >= 4 is 17.9 Å². The minimum Gasteiger partial charge on any atom is -0.355 e. The maximum Gasteiger partial charge on any atom is 0.251 e. The average Bonchev–Trinajstić information content (AvgIpc) is 2.66. The van der Waals surface area contributed by atoms with Crippen molar-refractivity contribution < 1.29 is 9.59 Å². The van der Waals surface area contributed by atoms with E-state index in [-0.39, 0.29) is 11.8 Å². The number of hydrogen-bond acceptors (Lipinski definition) is 3. The molecule has 2 aromatic rings. The molecule has 0 heterocycles. The minimum atomic E-state index is -0.145. The Bertz CT molecular complexity index is 816. The van der Waals surface area contributed by atoms with Gasteiger partial charge in [0, 0.05) is 32.3 Å². The Labute approximate surface area is 147 Å². The van der Waals surface area contributed by atoms with Gasteiger partial charge in [-0.2, -0.15) is 5.26 Å². The molecule has 0 saturated carbocycles. The predicted octanol–water partition coefficient (Wildman–Crippen LogP) is 2.59. The molecule has 2 amide bonds. The van der Waals surface area contributed by atoms with Crippen LogP contribution in [0.1, 0.15) is 27.0 Å². The van der Waals surface area contributed by atoms with Gasteiger partial charge in [-0.25, -0.2) is 0 Å². The van der Waals surface area contributed by atoms with Crippen molar-refractivity contribution in [3.05, 3.63) is 76.9 Å². The summed E-state index contributed by atoms with van der Waals surface area (Å²) in [7, 11) is 3.30. The molecule has 0 fully saturated rings. The van der Waals surface area contributed by atoms with Crippen LogP contribution in [0.15, 0.2) is 54.6 Å². The molecule has 0 atom stereocenters. The summed E-state index contributed by atoms with van der Waals surface area (Å²) in [5.41, 5.74) is 2.97. The van der Waals surface area contributed by atoms with Crippen molar-refractivity contribution in [2.24, 2.45) is 0 Å². The summed E-state index contributed by atoms with van der Waals surface area (Å²) in [5, 5.41) is 11.4. The summed E-state index contributed by atoms with van der Waals surface area (Å²) in [4.78, 5) is 25.3. The molecule has 0 aromatic heterocycles. The van der Waals surface area contributed by atoms with Gasteiger partial charge in [0.05, 0.1) is 11.6 Å². The fourth-order valence-electron chi connectivity index (χ4n) is 2.22. The molecule has 0 saturated heterocycles. The molecule has 0 unspecified atom stereocenters. The Kier molecular flexibility index (Phi) is 6.08. The number of nitrogens with one attached hydrogen (secondary N) is 1. The van der Waals surface area contributed by atoms with E-state index in [1.165, 1.54) is 6.08 Å². The molecule has 0 bridgehead atoms. The van der Waals surface area contributed by atoms with Crippen LogP contribution in [-0.4, -0.2) is 30.8 Å². The van der Waals surface area contributed by atoms with Gasteiger partial charge >= 0.3 is 0 Å². The number of benzene rings is 2. The third-order valence-corrected chi connectivity index (χ3v) is 3.70. The van der Waals surface area contributed by atoms with Gasteiger partial charge in [0.15, 0.2) is 0 Å². The Morgan fingerprint density at radius 1 is 1.12 bits per heavy atom. The van der Waals surface area contributed by atoms with Gasteiger partial charge < -0.3 is 10.2 Å². The Balaban J connectivity index is 1.96. The summed E-state index contributed by atoms with van der Waals surface area (Å²) in [6.07, 6.45) is 3.21. The third-order valence-electron chi connectivity index (χ3n) is 3.70. The van der Waals surface area contributed by atoms with Gasteiger partial charge in [0.2, 0.25) is 5.91 Å². The quantitative estimate of drug-likeness (QED) is 0.855. The highest BCUT2D eigenvalue weighted by molar-refractivity contribution is 5.94. The van der Waals surface area contributed by atoms with E-state index in [1.54, 1.807) is 61.5 Å². The first-order valence-electron chi connectivity index (χ1n) is 7.78. The lowest BCUT2D eigenvalue weighted by atomic mass is 10.1. The van der Waals surface area contributed by atoms with Crippen molar-refractivity contribution in [2.45, 2.75) is 6.54 Å². The number of amides is 2. The fraction of sp³-hybridized carbons (Fsp3) is 0.150. The molecule has 0 radical (unpaired) electrons. The van der Waals surface area contributed by atoms with Crippen LogP contribution in [0, 0.1) is 11.3 Å². The number of likely N-dealkylation sites (N-methyl/N-ethyl adjacent to an activating group) is 1. The maximum absolute atomic E-state index is 12.2. The van der Waals surface area contributed by atoms with E-state index in [0.29, 0.717) is 17.7 Å². The van der Waals surface area contributed by atoms with Crippen LogP contribution in [0.25, 0.3) is 6.08 Å². The molecule has 2 rings (SSSR count). The van der Waals surface area contributed by atoms with Crippen LogP contribution >= 0.6 is 0 Å². The molecule has 5 nitrogen and oxygen atoms in total. The van der Waals surface area contributed by atoms with E-state index in [2.05, 4.69) is 11.4 Å². The first-order chi connectivity index (χ1) is 12.0. The number of rotatable bonds is 5. The maximum atomic E-state index is 12.2. The number of nitriles is 1. The number of carbonyl (C=O) groups is 2. The zero-order chi connectivity index (χ0) is 18.2. The second kappa shape index (κ2) is 8.46. The zero-order valence-electron chi connectivity index (χ0n) is 14.2. The lowest BCUT2D eigenvalue weighted by Crippen LogP contribution is -2.24. The van der Waals surface area contributed by atoms with Crippen LogP contribution in [0.5, 0.6) is 0 Å². The molecule has 2 aromatic carbocycles. The van der Waals surface area contributed by atoms with E-state index in [0.717, 1.165) is 11.1 Å². The van der Waals surface area contributed by atoms with Crippen LogP contribution in [0.2, 0.25) is 0 Å².